The highest BCUT2D eigenvalue weighted by atomic mass is 35.5. The summed E-state index contributed by atoms with van der Waals surface area (Å²) in [4.78, 5) is 4.77. The fraction of sp³-hybridized carbons (Fsp3) is 0.357. The summed E-state index contributed by atoms with van der Waals surface area (Å²) in [5.74, 6) is 0.618. The maximum Gasteiger partial charge on any atom is 0.0964 e. The molecular formula is C14H15ClN2S. The molecule has 0 spiro atoms. The number of nitrogens with zero attached hydrogens (tertiary/aromatic N) is 1. The molecule has 0 aliphatic carbocycles. The Balaban J connectivity index is 1.87. The number of aromatic nitrogens is 1. The van der Waals surface area contributed by atoms with Crippen LogP contribution in [0, 0.1) is 0 Å². The number of halogens is 1. The van der Waals surface area contributed by atoms with E-state index < -0.39 is 0 Å². The van der Waals surface area contributed by atoms with E-state index in [0.29, 0.717) is 5.92 Å². The Morgan fingerprint density at radius 1 is 1.22 bits per heavy atom. The first-order chi connectivity index (χ1) is 8.84. The van der Waals surface area contributed by atoms with Gasteiger partial charge in [-0.1, -0.05) is 29.8 Å². The highest BCUT2D eigenvalue weighted by molar-refractivity contribution is 7.10. The molecule has 1 aromatic carbocycles. The molecule has 0 amide bonds. The van der Waals surface area contributed by atoms with Crippen LogP contribution >= 0.6 is 22.9 Å². The van der Waals surface area contributed by atoms with Crippen LogP contribution in [0.4, 0.5) is 0 Å². The van der Waals surface area contributed by atoms with Crippen LogP contribution in [0.5, 0.6) is 0 Å². The van der Waals surface area contributed by atoms with Crippen LogP contribution in [-0.2, 0) is 0 Å². The Kier molecular flexibility index (Phi) is 3.64. The summed E-state index contributed by atoms with van der Waals surface area (Å²) in [6.45, 7) is 2.21. The molecule has 0 unspecified atom stereocenters. The van der Waals surface area contributed by atoms with E-state index in [1.165, 1.54) is 17.8 Å². The van der Waals surface area contributed by atoms with Gasteiger partial charge in [0.15, 0.2) is 0 Å². The van der Waals surface area contributed by atoms with Gasteiger partial charge in [-0.15, -0.1) is 11.3 Å². The molecule has 1 aliphatic rings. The van der Waals surface area contributed by atoms with Gasteiger partial charge in [0.1, 0.15) is 0 Å². The van der Waals surface area contributed by atoms with Crippen LogP contribution in [0.2, 0.25) is 5.02 Å². The third-order valence-electron chi connectivity index (χ3n) is 3.36. The minimum absolute atomic E-state index is 0.618. The fourth-order valence-electron chi connectivity index (χ4n) is 2.34. The highest BCUT2D eigenvalue weighted by Gasteiger charge is 2.19. The summed E-state index contributed by atoms with van der Waals surface area (Å²) in [6, 6.07) is 7.90. The molecule has 1 saturated heterocycles. The molecule has 1 N–H and O–H groups in total. The second kappa shape index (κ2) is 5.39. The van der Waals surface area contributed by atoms with Crippen LogP contribution < -0.4 is 5.32 Å². The number of rotatable bonds is 2. The number of hydrogen-bond acceptors (Lipinski definition) is 3. The van der Waals surface area contributed by atoms with Gasteiger partial charge in [0.05, 0.1) is 10.7 Å². The number of thiazole rings is 1. The third kappa shape index (κ3) is 2.44. The Hall–Kier alpha value is -0.900. The lowest BCUT2D eigenvalue weighted by atomic mass is 9.99. The van der Waals surface area contributed by atoms with E-state index >= 15 is 0 Å². The topological polar surface area (TPSA) is 24.9 Å². The highest BCUT2D eigenvalue weighted by Crippen LogP contribution is 2.33. The van der Waals surface area contributed by atoms with Crippen molar-refractivity contribution in [2.24, 2.45) is 0 Å². The zero-order chi connectivity index (χ0) is 12.4. The van der Waals surface area contributed by atoms with Crippen molar-refractivity contribution in [1.29, 1.82) is 0 Å². The minimum atomic E-state index is 0.618. The molecule has 1 aliphatic heterocycles. The normalized spacial score (nSPS) is 16.9. The Morgan fingerprint density at radius 2 is 2.00 bits per heavy atom. The van der Waals surface area contributed by atoms with Gasteiger partial charge in [-0.05, 0) is 32.0 Å². The average Bonchev–Trinajstić information content (AvgIpc) is 2.90. The molecule has 94 valence electrons. The van der Waals surface area contributed by atoms with E-state index in [0.717, 1.165) is 29.4 Å². The summed E-state index contributed by atoms with van der Waals surface area (Å²) >= 11 is 7.97. The molecule has 0 radical (unpaired) electrons. The lowest BCUT2D eigenvalue weighted by Crippen LogP contribution is -2.26. The van der Waals surface area contributed by atoms with Crippen molar-refractivity contribution in [1.82, 2.24) is 10.3 Å². The Labute approximate surface area is 116 Å². The first kappa shape index (κ1) is 12.2. The second-order valence-corrected chi connectivity index (χ2v) is 5.87. The molecule has 0 saturated carbocycles. The van der Waals surface area contributed by atoms with Gasteiger partial charge in [-0.2, -0.15) is 0 Å². The summed E-state index contributed by atoms with van der Waals surface area (Å²) in [6.07, 6.45) is 2.38. The largest absolute Gasteiger partial charge is 0.317 e. The molecule has 2 heterocycles. The molecule has 2 nitrogen and oxygen atoms in total. The molecule has 3 rings (SSSR count). The lowest BCUT2D eigenvalue weighted by Gasteiger charge is -2.20. The van der Waals surface area contributed by atoms with E-state index in [2.05, 4.69) is 10.7 Å². The number of benzene rings is 1. The van der Waals surface area contributed by atoms with E-state index in [1.54, 1.807) is 11.3 Å². The van der Waals surface area contributed by atoms with Crippen molar-refractivity contribution in [3.05, 3.63) is 39.7 Å². The monoisotopic (exact) mass is 278 g/mol. The van der Waals surface area contributed by atoms with E-state index in [-0.39, 0.29) is 0 Å². The maximum absolute atomic E-state index is 6.21. The van der Waals surface area contributed by atoms with Crippen molar-refractivity contribution < 1.29 is 0 Å². The van der Waals surface area contributed by atoms with Gasteiger partial charge < -0.3 is 5.32 Å². The summed E-state index contributed by atoms with van der Waals surface area (Å²) < 4.78 is 0. The number of piperidine rings is 1. The molecular weight excluding hydrogens is 264 g/mol. The van der Waals surface area contributed by atoms with Crippen LogP contribution in [0.3, 0.4) is 0 Å². The molecule has 1 fully saturated rings. The van der Waals surface area contributed by atoms with Gasteiger partial charge in [0, 0.05) is 21.9 Å². The third-order valence-corrected chi connectivity index (χ3v) is 4.70. The quantitative estimate of drug-likeness (QED) is 0.900. The summed E-state index contributed by atoms with van der Waals surface area (Å²) in [5, 5.41) is 7.54. The molecule has 2 aromatic rings. The van der Waals surface area contributed by atoms with Gasteiger partial charge in [-0.25, -0.2) is 4.98 Å². The van der Waals surface area contributed by atoms with E-state index in [4.69, 9.17) is 16.6 Å². The van der Waals surface area contributed by atoms with Crippen molar-refractivity contribution in [2.45, 2.75) is 18.8 Å². The summed E-state index contributed by atoms with van der Waals surface area (Å²) in [7, 11) is 0. The summed E-state index contributed by atoms with van der Waals surface area (Å²) in [5.41, 5.74) is 2.05. The molecule has 0 bridgehead atoms. The fourth-order valence-corrected chi connectivity index (χ4v) is 3.56. The Morgan fingerprint density at radius 3 is 2.78 bits per heavy atom. The smallest absolute Gasteiger partial charge is 0.0964 e. The molecule has 4 heteroatoms. The average molecular weight is 279 g/mol. The first-order valence-corrected chi connectivity index (χ1v) is 7.51. The van der Waals surface area contributed by atoms with E-state index in [9.17, 15) is 0 Å². The lowest BCUT2D eigenvalue weighted by molar-refractivity contribution is 0.459. The van der Waals surface area contributed by atoms with Crippen molar-refractivity contribution in [3.63, 3.8) is 0 Å². The van der Waals surface area contributed by atoms with Crippen molar-refractivity contribution in [2.75, 3.05) is 13.1 Å². The standard InChI is InChI=1S/C14H15ClN2S/c15-12-4-2-1-3-11(12)13-9-18-14(17-13)10-5-7-16-8-6-10/h1-4,9-10,16H,5-8H2. The second-order valence-electron chi connectivity index (χ2n) is 4.58. The van der Waals surface area contributed by atoms with E-state index in [1.807, 2.05) is 24.3 Å². The maximum atomic E-state index is 6.21. The SMILES string of the molecule is Clc1ccccc1-c1csc(C2CCNCC2)n1. The van der Waals surface area contributed by atoms with Gasteiger partial charge >= 0.3 is 0 Å². The van der Waals surface area contributed by atoms with Crippen LogP contribution in [0.1, 0.15) is 23.8 Å². The Bertz CT molecular complexity index is 532. The number of hydrogen-bond donors (Lipinski definition) is 1. The molecule has 18 heavy (non-hydrogen) atoms. The number of nitrogens with one attached hydrogen (secondary N) is 1. The molecule has 0 atom stereocenters. The predicted octanol–water partition coefficient (Wildman–Crippen LogP) is 3.93. The predicted molar refractivity (Wildman–Crippen MR) is 77.4 cm³/mol. The van der Waals surface area contributed by atoms with Gasteiger partial charge in [-0.3, -0.25) is 0 Å². The zero-order valence-electron chi connectivity index (χ0n) is 10.0. The first-order valence-electron chi connectivity index (χ1n) is 6.25. The van der Waals surface area contributed by atoms with Gasteiger partial charge in [0.25, 0.3) is 0 Å². The zero-order valence-corrected chi connectivity index (χ0v) is 11.6. The van der Waals surface area contributed by atoms with Crippen LogP contribution in [-0.4, -0.2) is 18.1 Å². The molecule has 1 aromatic heterocycles. The van der Waals surface area contributed by atoms with Crippen LogP contribution in [0.15, 0.2) is 29.6 Å². The van der Waals surface area contributed by atoms with Gasteiger partial charge in [0.2, 0.25) is 0 Å². The van der Waals surface area contributed by atoms with Crippen molar-refractivity contribution >= 4 is 22.9 Å². The van der Waals surface area contributed by atoms with Crippen molar-refractivity contribution in [3.8, 4) is 11.3 Å². The minimum Gasteiger partial charge on any atom is -0.317 e. The van der Waals surface area contributed by atoms with Crippen LogP contribution in [0.25, 0.3) is 11.3 Å².